The fraction of sp³-hybridized carbons (Fsp3) is 0.182. The Hall–Kier alpha value is -3.54. The molecule has 140 valence electrons. The second-order valence-corrected chi connectivity index (χ2v) is 6.57. The molecule has 0 aliphatic heterocycles. The van der Waals surface area contributed by atoms with Gasteiger partial charge in [0.1, 0.15) is 0 Å². The molecule has 4 rings (SSSR count). The average molecular weight is 373 g/mol. The van der Waals surface area contributed by atoms with Gasteiger partial charge >= 0.3 is 5.97 Å². The van der Waals surface area contributed by atoms with E-state index in [9.17, 15) is 4.79 Å². The van der Waals surface area contributed by atoms with E-state index < -0.39 is 12.1 Å². The molecule has 1 atom stereocenters. The van der Waals surface area contributed by atoms with Crippen LogP contribution < -0.4 is 0 Å². The Kier molecular flexibility index (Phi) is 4.61. The van der Waals surface area contributed by atoms with Crippen molar-refractivity contribution in [3.05, 3.63) is 77.3 Å². The highest BCUT2D eigenvalue weighted by atomic mass is 16.6. The maximum absolute atomic E-state index is 12.8. The Labute approximate surface area is 162 Å². The van der Waals surface area contributed by atoms with Gasteiger partial charge in [0, 0.05) is 10.9 Å². The van der Waals surface area contributed by atoms with E-state index >= 15 is 0 Å². The van der Waals surface area contributed by atoms with Gasteiger partial charge in [0.05, 0.1) is 16.8 Å². The van der Waals surface area contributed by atoms with Gasteiger partial charge in [0.15, 0.2) is 6.10 Å². The highest BCUT2D eigenvalue weighted by Gasteiger charge is 2.23. The van der Waals surface area contributed by atoms with Crippen molar-refractivity contribution in [1.82, 2.24) is 15.2 Å². The lowest BCUT2D eigenvalue weighted by Crippen LogP contribution is -2.13. The largest absolute Gasteiger partial charge is 0.449 e. The van der Waals surface area contributed by atoms with Crippen LogP contribution in [0.15, 0.2) is 59.0 Å². The summed E-state index contributed by atoms with van der Waals surface area (Å²) in [4.78, 5) is 17.4. The highest BCUT2D eigenvalue weighted by Crippen LogP contribution is 2.26. The van der Waals surface area contributed by atoms with Gasteiger partial charge in [0.2, 0.25) is 5.89 Å². The van der Waals surface area contributed by atoms with Gasteiger partial charge in [-0.15, -0.1) is 10.2 Å². The molecule has 28 heavy (non-hydrogen) atoms. The standard InChI is InChI=1S/C22H19N3O3/c1-13-17-11-7-8-12-18(17)23-14(2)19(13)22(26)27-15(3)20-24-25-21(28-20)16-9-5-4-6-10-16/h4-12,15H,1-3H3. The van der Waals surface area contributed by atoms with Crippen LogP contribution in [0.2, 0.25) is 0 Å². The number of pyridine rings is 1. The minimum atomic E-state index is -0.678. The Morgan fingerprint density at radius 1 is 1.00 bits per heavy atom. The summed E-state index contributed by atoms with van der Waals surface area (Å²) >= 11 is 0. The van der Waals surface area contributed by atoms with Crippen LogP contribution in [-0.2, 0) is 4.74 Å². The Balaban J connectivity index is 1.59. The number of aromatic nitrogens is 3. The van der Waals surface area contributed by atoms with Crippen LogP contribution in [0, 0.1) is 13.8 Å². The summed E-state index contributed by atoms with van der Waals surface area (Å²) in [7, 11) is 0. The lowest BCUT2D eigenvalue weighted by molar-refractivity contribution is 0.0278. The molecule has 2 aromatic heterocycles. The zero-order valence-corrected chi connectivity index (χ0v) is 15.8. The van der Waals surface area contributed by atoms with Gasteiger partial charge in [-0.1, -0.05) is 36.4 Å². The fourth-order valence-corrected chi connectivity index (χ4v) is 3.20. The van der Waals surface area contributed by atoms with E-state index in [0.717, 1.165) is 22.0 Å². The SMILES string of the molecule is Cc1nc2ccccc2c(C)c1C(=O)OC(C)c1nnc(-c2ccccc2)o1. The molecule has 2 aromatic carbocycles. The van der Waals surface area contributed by atoms with E-state index in [1.807, 2.05) is 61.5 Å². The molecular formula is C22H19N3O3. The molecule has 6 nitrogen and oxygen atoms in total. The Bertz CT molecular complexity index is 1150. The maximum Gasteiger partial charge on any atom is 0.341 e. The number of nitrogens with zero attached hydrogens (tertiary/aromatic N) is 3. The number of hydrogen-bond donors (Lipinski definition) is 0. The van der Waals surface area contributed by atoms with Gasteiger partial charge in [-0.3, -0.25) is 4.98 Å². The molecule has 0 aliphatic rings. The quantitative estimate of drug-likeness (QED) is 0.477. The Morgan fingerprint density at radius 3 is 2.50 bits per heavy atom. The van der Waals surface area contributed by atoms with Crippen LogP contribution in [-0.4, -0.2) is 21.2 Å². The number of carbonyl (C=O) groups is 1. The first-order valence-corrected chi connectivity index (χ1v) is 9.00. The van der Waals surface area contributed by atoms with Crippen molar-refractivity contribution < 1.29 is 13.9 Å². The van der Waals surface area contributed by atoms with Crippen molar-refractivity contribution in [2.45, 2.75) is 26.9 Å². The summed E-state index contributed by atoms with van der Waals surface area (Å²) in [5.74, 6) is 0.176. The van der Waals surface area contributed by atoms with Crippen LogP contribution in [0.5, 0.6) is 0 Å². The third-order valence-corrected chi connectivity index (χ3v) is 4.63. The van der Waals surface area contributed by atoms with Crippen LogP contribution in [0.25, 0.3) is 22.4 Å². The molecule has 0 radical (unpaired) electrons. The van der Waals surface area contributed by atoms with Crippen molar-refractivity contribution in [2.75, 3.05) is 0 Å². The monoisotopic (exact) mass is 373 g/mol. The molecule has 0 saturated heterocycles. The normalized spacial score (nSPS) is 12.1. The second-order valence-electron chi connectivity index (χ2n) is 6.57. The van der Waals surface area contributed by atoms with Crippen LogP contribution in [0.3, 0.4) is 0 Å². The summed E-state index contributed by atoms with van der Waals surface area (Å²) < 4.78 is 11.3. The molecule has 0 aliphatic carbocycles. The van der Waals surface area contributed by atoms with E-state index in [1.165, 1.54) is 0 Å². The molecule has 4 aromatic rings. The molecule has 0 amide bonds. The highest BCUT2D eigenvalue weighted by molar-refractivity contribution is 5.98. The number of rotatable bonds is 4. The van der Waals surface area contributed by atoms with Crippen molar-refractivity contribution in [2.24, 2.45) is 0 Å². The van der Waals surface area contributed by atoms with E-state index in [2.05, 4.69) is 15.2 Å². The maximum atomic E-state index is 12.8. The first-order chi connectivity index (χ1) is 13.5. The Morgan fingerprint density at radius 2 is 1.71 bits per heavy atom. The third-order valence-electron chi connectivity index (χ3n) is 4.63. The topological polar surface area (TPSA) is 78.1 Å². The zero-order chi connectivity index (χ0) is 19.7. The first-order valence-electron chi connectivity index (χ1n) is 9.00. The van der Waals surface area contributed by atoms with Gasteiger partial charge in [-0.2, -0.15) is 0 Å². The van der Waals surface area contributed by atoms with Crippen LogP contribution in [0.4, 0.5) is 0 Å². The molecule has 0 saturated carbocycles. The number of benzene rings is 2. The number of esters is 1. The predicted octanol–water partition coefficient (Wildman–Crippen LogP) is 4.82. The lowest BCUT2D eigenvalue weighted by atomic mass is 10.0. The van der Waals surface area contributed by atoms with Crippen LogP contribution >= 0.6 is 0 Å². The second kappa shape index (κ2) is 7.23. The van der Waals surface area contributed by atoms with Gasteiger partial charge in [-0.25, -0.2) is 4.79 Å². The zero-order valence-electron chi connectivity index (χ0n) is 15.8. The molecule has 6 heteroatoms. The smallest absolute Gasteiger partial charge is 0.341 e. The van der Waals surface area contributed by atoms with Crippen molar-refractivity contribution in [3.8, 4) is 11.5 Å². The number of ether oxygens (including phenoxy) is 1. The van der Waals surface area contributed by atoms with E-state index in [1.54, 1.807) is 13.8 Å². The minimum Gasteiger partial charge on any atom is -0.449 e. The van der Waals surface area contributed by atoms with Gasteiger partial charge in [0.25, 0.3) is 5.89 Å². The van der Waals surface area contributed by atoms with Gasteiger partial charge < -0.3 is 9.15 Å². The summed E-state index contributed by atoms with van der Waals surface area (Å²) in [5, 5.41) is 9.00. The van der Waals surface area contributed by atoms with E-state index in [-0.39, 0.29) is 5.89 Å². The predicted molar refractivity (Wildman–Crippen MR) is 105 cm³/mol. The summed E-state index contributed by atoms with van der Waals surface area (Å²) in [6.07, 6.45) is -0.678. The first kappa shape index (κ1) is 17.9. The van der Waals surface area contributed by atoms with Crippen molar-refractivity contribution >= 4 is 16.9 Å². The third kappa shape index (κ3) is 3.24. The fourth-order valence-electron chi connectivity index (χ4n) is 3.20. The summed E-state index contributed by atoms with van der Waals surface area (Å²) in [5.41, 5.74) is 3.60. The molecule has 2 heterocycles. The summed E-state index contributed by atoms with van der Waals surface area (Å²) in [6.45, 7) is 5.42. The molecule has 0 bridgehead atoms. The van der Waals surface area contributed by atoms with Crippen molar-refractivity contribution in [3.63, 3.8) is 0 Å². The number of hydrogen-bond acceptors (Lipinski definition) is 6. The molecular weight excluding hydrogens is 354 g/mol. The minimum absolute atomic E-state index is 0.247. The number of carbonyl (C=O) groups excluding carboxylic acids is 1. The summed E-state index contributed by atoms with van der Waals surface area (Å²) in [6, 6.07) is 17.2. The van der Waals surface area contributed by atoms with Crippen molar-refractivity contribution in [1.29, 1.82) is 0 Å². The number of aryl methyl sites for hydroxylation is 2. The molecule has 0 fully saturated rings. The molecule has 0 N–H and O–H groups in total. The lowest BCUT2D eigenvalue weighted by Gasteiger charge is -2.14. The molecule has 0 spiro atoms. The van der Waals surface area contributed by atoms with Gasteiger partial charge in [-0.05, 0) is 44.5 Å². The molecule has 1 unspecified atom stereocenters. The number of fused-ring (bicyclic) bond motifs is 1. The van der Waals surface area contributed by atoms with E-state index in [0.29, 0.717) is 17.1 Å². The average Bonchev–Trinajstić information content (AvgIpc) is 3.19. The van der Waals surface area contributed by atoms with E-state index in [4.69, 9.17) is 9.15 Å². The number of para-hydroxylation sites is 1. The van der Waals surface area contributed by atoms with Crippen LogP contribution in [0.1, 0.15) is 40.5 Å².